The monoisotopic (exact) mass is 240 g/mol. The summed E-state index contributed by atoms with van der Waals surface area (Å²) >= 11 is 0. The molecule has 0 aliphatic carbocycles. The lowest BCUT2D eigenvalue weighted by Crippen LogP contribution is -2.11. The molecule has 0 aliphatic rings. The molecule has 4 heteroatoms. The van der Waals surface area contributed by atoms with Crippen LogP contribution in [0.4, 0.5) is 0 Å². The number of benzene rings is 1. The first-order valence-corrected chi connectivity index (χ1v) is 5.43. The van der Waals surface area contributed by atoms with E-state index in [2.05, 4.69) is 0 Å². The van der Waals surface area contributed by atoms with Gasteiger partial charge in [-0.25, -0.2) is 0 Å². The van der Waals surface area contributed by atoms with E-state index in [1.54, 1.807) is 17.9 Å². The topological polar surface area (TPSA) is 55.0 Å². The van der Waals surface area contributed by atoms with E-state index in [1.165, 1.54) is 6.07 Å². The normalized spacial score (nSPS) is 9.83. The van der Waals surface area contributed by atoms with Gasteiger partial charge in [0.1, 0.15) is 17.4 Å². The lowest BCUT2D eigenvalue weighted by molar-refractivity contribution is 0.414. The molecule has 18 heavy (non-hydrogen) atoms. The summed E-state index contributed by atoms with van der Waals surface area (Å²) in [5, 5.41) is 8.89. The third kappa shape index (κ3) is 2.11. The van der Waals surface area contributed by atoms with Gasteiger partial charge in [-0.15, -0.1) is 0 Å². The van der Waals surface area contributed by atoms with Gasteiger partial charge >= 0.3 is 0 Å². The Morgan fingerprint density at radius 2 is 2.11 bits per heavy atom. The van der Waals surface area contributed by atoms with E-state index >= 15 is 0 Å². The van der Waals surface area contributed by atoms with Gasteiger partial charge in [0.25, 0.3) is 0 Å². The van der Waals surface area contributed by atoms with E-state index in [1.807, 2.05) is 37.3 Å². The van der Waals surface area contributed by atoms with E-state index in [9.17, 15) is 4.79 Å². The van der Waals surface area contributed by atoms with Crippen molar-refractivity contribution in [1.29, 1.82) is 5.26 Å². The summed E-state index contributed by atoms with van der Waals surface area (Å²) in [5.41, 5.74) is 1.49. The van der Waals surface area contributed by atoms with Crippen molar-refractivity contribution in [3.8, 4) is 17.5 Å². The number of hydrogen-bond donors (Lipinski definition) is 0. The first-order valence-electron chi connectivity index (χ1n) is 5.43. The standard InChI is InChI=1S/C14H12N2O2/c1-10-6-14(17)11(8-15)9-16(10)12-4-3-5-13(7-12)18-2/h3-7,9H,1-2H3. The van der Waals surface area contributed by atoms with Crippen LogP contribution >= 0.6 is 0 Å². The predicted octanol–water partition coefficient (Wildman–Crippen LogP) is 2.03. The van der Waals surface area contributed by atoms with Crippen LogP contribution in [-0.4, -0.2) is 11.7 Å². The van der Waals surface area contributed by atoms with Crippen molar-refractivity contribution in [3.05, 3.63) is 58.0 Å². The Morgan fingerprint density at radius 3 is 2.78 bits per heavy atom. The zero-order chi connectivity index (χ0) is 13.1. The number of nitrogens with zero attached hydrogens (tertiary/aromatic N) is 2. The lowest BCUT2D eigenvalue weighted by atomic mass is 10.2. The van der Waals surface area contributed by atoms with Gasteiger partial charge in [-0.3, -0.25) is 4.79 Å². The summed E-state index contributed by atoms with van der Waals surface area (Å²) in [6.45, 7) is 1.82. The summed E-state index contributed by atoms with van der Waals surface area (Å²) in [5.74, 6) is 0.726. The molecule has 0 spiro atoms. The molecule has 0 atom stereocenters. The highest BCUT2D eigenvalue weighted by molar-refractivity contribution is 5.42. The largest absolute Gasteiger partial charge is 0.497 e. The second kappa shape index (κ2) is 4.76. The van der Waals surface area contributed by atoms with E-state index in [4.69, 9.17) is 10.00 Å². The van der Waals surface area contributed by atoms with Gasteiger partial charge < -0.3 is 9.30 Å². The molecule has 0 amide bonds. The molecule has 1 aromatic heterocycles. The first kappa shape index (κ1) is 11.9. The average molecular weight is 240 g/mol. The van der Waals surface area contributed by atoms with E-state index in [0.717, 1.165) is 17.1 Å². The van der Waals surface area contributed by atoms with Crippen LogP contribution in [0.25, 0.3) is 5.69 Å². The fourth-order valence-electron chi connectivity index (χ4n) is 1.75. The molecule has 0 unspecified atom stereocenters. The van der Waals surface area contributed by atoms with Crippen LogP contribution in [-0.2, 0) is 0 Å². The summed E-state index contributed by atoms with van der Waals surface area (Å²) in [7, 11) is 1.60. The quantitative estimate of drug-likeness (QED) is 0.807. The van der Waals surface area contributed by atoms with E-state index in [-0.39, 0.29) is 11.0 Å². The van der Waals surface area contributed by atoms with Gasteiger partial charge in [-0.2, -0.15) is 5.26 Å². The minimum atomic E-state index is -0.255. The Bertz CT molecular complexity index is 681. The van der Waals surface area contributed by atoms with Crippen molar-refractivity contribution in [3.63, 3.8) is 0 Å². The number of methoxy groups -OCH3 is 1. The second-order valence-electron chi connectivity index (χ2n) is 3.88. The van der Waals surface area contributed by atoms with Gasteiger partial charge in [0.15, 0.2) is 5.43 Å². The fourth-order valence-corrected chi connectivity index (χ4v) is 1.75. The Kier molecular flexibility index (Phi) is 3.16. The predicted molar refractivity (Wildman–Crippen MR) is 68.0 cm³/mol. The Labute approximate surface area is 105 Å². The SMILES string of the molecule is COc1cccc(-n2cc(C#N)c(=O)cc2C)c1. The number of nitriles is 1. The van der Waals surface area contributed by atoms with Crippen molar-refractivity contribution in [2.45, 2.75) is 6.92 Å². The maximum absolute atomic E-state index is 11.5. The van der Waals surface area contributed by atoms with Crippen molar-refractivity contribution in [2.24, 2.45) is 0 Å². The Hall–Kier alpha value is -2.54. The molecule has 1 aromatic carbocycles. The van der Waals surface area contributed by atoms with Crippen LogP contribution in [0.15, 0.2) is 41.3 Å². The molecule has 90 valence electrons. The van der Waals surface area contributed by atoms with Crippen LogP contribution in [0, 0.1) is 18.3 Å². The van der Waals surface area contributed by atoms with E-state index in [0.29, 0.717) is 0 Å². The molecule has 4 nitrogen and oxygen atoms in total. The maximum atomic E-state index is 11.5. The van der Waals surface area contributed by atoms with Gasteiger partial charge in [-0.05, 0) is 19.1 Å². The smallest absolute Gasteiger partial charge is 0.199 e. The van der Waals surface area contributed by atoms with E-state index < -0.39 is 0 Å². The van der Waals surface area contributed by atoms with Crippen LogP contribution in [0.2, 0.25) is 0 Å². The van der Waals surface area contributed by atoms with Crippen LogP contribution in [0.3, 0.4) is 0 Å². The molecular formula is C14H12N2O2. The van der Waals surface area contributed by atoms with Crippen molar-refractivity contribution < 1.29 is 4.74 Å². The molecule has 0 saturated carbocycles. The number of ether oxygens (including phenoxy) is 1. The number of aromatic nitrogens is 1. The van der Waals surface area contributed by atoms with Gasteiger partial charge in [0, 0.05) is 29.7 Å². The van der Waals surface area contributed by atoms with Crippen LogP contribution in [0.5, 0.6) is 5.75 Å². The van der Waals surface area contributed by atoms with Crippen molar-refractivity contribution in [2.75, 3.05) is 7.11 Å². The minimum Gasteiger partial charge on any atom is -0.497 e. The molecule has 0 fully saturated rings. The number of pyridine rings is 1. The maximum Gasteiger partial charge on any atom is 0.199 e. The van der Waals surface area contributed by atoms with Gasteiger partial charge in [-0.1, -0.05) is 6.07 Å². The summed E-state index contributed by atoms with van der Waals surface area (Å²) < 4.78 is 6.95. The summed E-state index contributed by atoms with van der Waals surface area (Å²) in [4.78, 5) is 11.5. The third-order valence-electron chi connectivity index (χ3n) is 2.70. The lowest BCUT2D eigenvalue weighted by Gasteiger charge is -2.11. The molecule has 2 rings (SSSR count). The number of rotatable bonds is 2. The molecule has 0 saturated heterocycles. The highest BCUT2D eigenvalue weighted by Crippen LogP contribution is 2.17. The van der Waals surface area contributed by atoms with Crippen molar-refractivity contribution >= 4 is 0 Å². The molecule has 0 bridgehead atoms. The first-order chi connectivity index (χ1) is 8.65. The third-order valence-corrected chi connectivity index (χ3v) is 2.70. The second-order valence-corrected chi connectivity index (χ2v) is 3.88. The summed E-state index contributed by atoms with van der Waals surface area (Å²) in [6.07, 6.45) is 1.55. The van der Waals surface area contributed by atoms with Gasteiger partial charge in [0.2, 0.25) is 0 Å². The zero-order valence-corrected chi connectivity index (χ0v) is 10.2. The summed E-state index contributed by atoms with van der Waals surface area (Å²) in [6, 6.07) is 10.8. The highest BCUT2D eigenvalue weighted by atomic mass is 16.5. The molecule has 0 N–H and O–H groups in total. The average Bonchev–Trinajstić information content (AvgIpc) is 2.39. The number of aryl methyl sites for hydroxylation is 1. The fraction of sp³-hybridized carbons (Fsp3) is 0.143. The van der Waals surface area contributed by atoms with Crippen molar-refractivity contribution in [1.82, 2.24) is 4.57 Å². The molecule has 1 heterocycles. The Morgan fingerprint density at radius 1 is 1.33 bits per heavy atom. The molecule has 0 radical (unpaired) electrons. The minimum absolute atomic E-state index is 0.128. The zero-order valence-electron chi connectivity index (χ0n) is 10.2. The Balaban J connectivity index is 2.63. The number of hydrogen-bond acceptors (Lipinski definition) is 3. The van der Waals surface area contributed by atoms with Crippen LogP contribution in [0.1, 0.15) is 11.3 Å². The molecule has 0 aliphatic heterocycles. The molecule has 2 aromatic rings. The van der Waals surface area contributed by atoms with Crippen LogP contribution < -0.4 is 10.2 Å². The van der Waals surface area contributed by atoms with Gasteiger partial charge in [0.05, 0.1) is 7.11 Å². The molecular weight excluding hydrogens is 228 g/mol. The highest BCUT2D eigenvalue weighted by Gasteiger charge is 2.05.